The number of hydrogen-bond acceptors (Lipinski definition) is 2. The van der Waals surface area contributed by atoms with Crippen LogP contribution in [-0.2, 0) is 13.0 Å². The van der Waals surface area contributed by atoms with E-state index in [1.807, 2.05) is 24.3 Å². The maximum atomic E-state index is 5.24. The minimum Gasteiger partial charge on any atom is -0.496 e. The Labute approximate surface area is 146 Å². The highest BCUT2D eigenvalue weighted by Gasteiger charge is 2.03. The number of halogens is 1. The van der Waals surface area contributed by atoms with Crippen LogP contribution in [0.1, 0.15) is 11.1 Å². The second-order valence-electron chi connectivity index (χ2n) is 5.06. The normalized spacial score (nSPS) is 11.2. The van der Waals surface area contributed by atoms with Gasteiger partial charge >= 0.3 is 0 Å². The maximum Gasteiger partial charge on any atom is 0.191 e. The first kappa shape index (κ1) is 17.3. The first-order valence-electron chi connectivity index (χ1n) is 7.54. The zero-order valence-electron chi connectivity index (χ0n) is 13.5. The molecular formula is C18H22BrN3O. The lowest BCUT2D eigenvalue weighted by Gasteiger charge is -2.13. The Morgan fingerprint density at radius 2 is 1.87 bits per heavy atom. The van der Waals surface area contributed by atoms with Gasteiger partial charge in [-0.3, -0.25) is 4.99 Å². The average molecular weight is 376 g/mol. The van der Waals surface area contributed by atoms with E-state index in [4.69, 9.17) is 4.74 Å². The van der Waals surface area contributed by atoms with Crippen molar-refractivity contribution in [3.8, 4) is 5.75 Å². The number of nitrogens with one attached hydrogen (secondary N) is 2. The summed E-state index contributed by atoms with van der Waals surface area (Å²) in [6, 6.07) is 16.4. The summed E-state index contributed by atoms with van der Waals surface area (Å²) < 4.78 is 6.19. The minimum atomic E-state index is 0.702. The summed E-state index contributed by atoms with van der Waals surface area (Å²) in [4.78, 5) is 4.25. The molecule has 0 fully saturated rings. The van der Waals surface area contributed by atoms with Crippen LogP contribution in [0.25, 0.3) is 0 Å². The van der Waals surface area contributed by atoms with Crippen LogP contribution in [0.3, 0.4) is 0 Å². The topological polar surface area (TPSA) is 45.7 Å². The van der Waals surface area contributed by atoms with Gasteiger partial charge in [0.25, 0.3) is 0 Å². The summed E-state index contributed by atoms with van der Waals surface area (Å²) >= 11 is 3.50. The molecule has 0 amide bonds. The fraction of sp³-hybridized carbons (Fsp3) is 0.278. The van der Waals surface area contributed by atoms with Gasteiger partial charge in [-0.1, -0.05) is 36.4 Å². The number of aliphatic imine (C=N–C) groups is 1. The first-order valence-corrected chi connectivity index (χ1v) is 8.33. The van der Waals surface area contributed by atoms with Crippen LogP contribution in [0.2, 0.25) is 0 Å². The number of guanidine groups is 1. The minimum absolute atomic E-state index is 0.702. The van der Waals surface area contributed by atoms with E-state index in [1.165, 1.54) is 5.56 Å². The molecule has 4 nitrogen and oxygen atoms in total. The lowest BCUT2D eigenvalue weighted by molar-refractivity contribution is 0.412. The molecule has 0 bridgehead atoms. The molecule has 0 spiro atoms. The van der Waals surface area contributed by atoms with Gasteiger partial charge in [0.1, 0.15) is 5.75 Å². The van der Waals surface area contributed by atoms with Gasteiger partial charge in [-0.2, -0.15) is 0 Å². The second kappa shape index (κ2) is 9.20. The number of nitrogens with zero attached hydrogens (tertiary/aromatic N) is 1. The first-order chi connectivity index (χ1) is 11.2. The molecule has 2 rings (SSSR count). The molecule has 2 aromatic carbocycles. The van der Waals surface area contributed by atoms with Crippen LogP contribution in [0, 0.1) is 0 Å². The fourth-order valence-electron chi connectivity index (χ4n) is 2.20. The zero-order valence-corrected chi connectivity index (χ0v) is 15.1. The Hall–Kier alpha value is -2.01. The summed E-state index contributed by atoms with van der Waals surface area (Å²) in [5.74, 6) is 1.63. The van der Waals surface area contributed by atoms with Crippen molar-refractivity contribution in [2.75, 3.05) is 20.7 Å². The number of ether oxygens (including phenoxy) is 1. The summed E-state index contributed by atoms with van der Waals surface area (Å²) in [5.41, 5.74) is 2.47. The Morgan fingerprint density at radius 3 is 2.52 bits per heavy atom. The number of rotatable bonds is 6. The molecule has 2 aromatic rings. The number of methoxy groups -OCH3 is 1. The van der Waals surface area contributed by atoms with Gasteiger partial charge in [-0.15, -0.1) is 0 Å². The Kier molecular flexibility index (Phi) is 6.94. The molecule has 5 heteroatoms. The van der Waals surface area contributed by atoms with Crippen molar-refractivity contribution in [3.63, 3.8) is 0 Å². The van der Waals surface area contributed by atoms with E-state index in [0.717, 1.165) is 34.7 Å². The predicted molar refractivity (Wildman–Crippen MR) is 99.0 cm³/mol. The monoisotopic (exact) mass is 375 g/mol. The number of benzene rings is 2. The van der Waals surface area contributed by atoms with Crippen LogP contribution >= 0.6 is 15.9 Å². The highest BCUT2D eigenvalue weighted by Crippen LogP contribution is 2.25. The summed E-state index contributed by atoms with van der Waals surface area (Å²) in [6.45, 7) is 1.55. The van der Waals surface area contributed by atoms with E-state index in [-0.39, 0.29) is 0 Å². The van der Waals surface area contributed by atoms with E-state index in [1.54, 1.807) is 14.2 Å². The third-order valence-electron chi connectivity index (χ3n) is 3.45. The van der Waals surface area contributed by atoms with Gasteiger partial charge < -0.3 is 15.4 Å². The predicted octanol–water partition coefficient (Wildman–Crippen LogP) is 3.37. The summed E-state index contributed by atoms with van der Waals surface area (Å²) in [5, 5.41) is 6.64. The van der Waals surface area contributed by atoms with E-state index >= 15 is 0 Å². The molecule has 0 aliphatic heterocycles. The van der Waals surface area contributed by atoms with Crippen molar-refractivity contribution in [2.24, 2.45) is 4.99 Å². The molecule has 0 aliphatic rings. The highest BCUT2D eigenvalue weighted by molar-refractivity contribution is 9.10. The third-order valence-corrected chi connectivity index (χ3v) is 4.07. The molecule has 122 valence electrons. The number of hydrogen-bond donors (Lipinski definition) is 2. The Bertz CT molecular complexity index is 644. The van der Waals surface area contributed by atoms with Gasteiger partial charge in [-0.25, -0.2) is 0 Å². The van der Waals surface area contributed by atoms with E-state index in [2.05, 4.69) is 55.8 Å². The molecule has 0 atom stereocenters. The van der Waals surface area contributed by atoms with E-state index in [0.29, 0.717) is 6.54 Å². The van der Waals surface area contributed by atoms with Crippen molar-refractivity contribution < 1.29 is 4.74 Å². The molecule has 0 saturated heterocycles. The van der Waals surface area contributed by atoms with Crippen LogP contribution in [0.15, 0.2) is 58.0 Å². The SMILES string of the molecule is CN=C(NCCc1ccccc1)NCc1ccc(OC)c(Br)c1. The fourth-order valence-corrected chi connectivity index (χ4v) is 2.78. The largest absolute Gasteiger partial charge is 0.496 e. The van der Waals surface area contributed by atoms with Crippen molar-refractivity contribution in [1.82, 2.24) is 10.6 Å². The molecule has 0 radical (unpaired) electrons. The highest BCUT2D eigenvalue weighted by atomic mass is 79.9. The molecule has 23 heavy (non-hydrogen) atoms. The van der Waals surface area contributed by atoms with Crippen molar-refractivity contribution in [2.45, 2.75) is 13.0 Å². The van der Waals surface area contributed by atoms with E-state index < -0.39 is 0 Å². The van der Waals surface area contributed by atoms with Crippen LogP contribution < -0.4 is 15.4 Å². The van der Waals surface area contributed by atoms with E-state index in [9.17, 15) is 0 Å². The Balaban J connectivity index is 1.80. The quantitative estimate of drug-likeness (QED) is 0.600. The molecule has 2 N–H and O–H groups in total. The van der Waals surface area contributed by atoms with Crippen LogP contribution in [-0.4, -0.2) is 26.7 Å². The van der Waals surface area contributed by atoms with Crippen LogP contribution in [0.5, 0.6) is 5.75 Å². The van der Waals surface area contributed by atoms with Gasteiger partial charge in [0.15, 0.2) is 5.96 Å². The average Bonchev–Trinajstić information content (AvgIpc) is 2.59. The maximum absolute atomic E-state index is 5.24. The lowest BCUT2D eigenvalue weighted by Crippen LogP contribution is -2.37. The van der Waals surface area contributed by atoms with Crippen molar-refractivity contribution in [3.05, 3.63) is 64.1 Å². The smallest absolute Gasteiger partial charge is 0.191 e. The molecular weight excluding hydrogens is 354 g/mol. The zero-order chi connectivity index (χ0) is 16.5. The van der Waals surface area contributed by atoms with Gasteiger partial charge in [-0.05, 0) is 45.6 Å². The van der Waals surface area contributed by atoms with Crippen molar-refractivity contribution in [1.29, 1.82) is 0 Å². The summed E-state index contributed by atoms with van der Waals surface area (Å²) in [6.07, 6.45) is 0.968. The Morgan fingerprint density at radius 1 is 1.09 bits per heavy atom. The van der Waals surface area contributed by atoms with Gasteiger partial charge in [0, 0.05) is 20.1 Å². The van der Waals surface area contributed by atoms with Crippen molar-refractivity contribution >= 4 is 21.9 Å². The second-order valence-corrected chi connectivity index (χ2v) is 5.91. The van der Waals surface area contributed by atoms with Gasteiger partial charge in [0.2, 0.25) is 0 Å². The molecule has 0 aromatic heterocycles. The lowest BCUT2D eigenvalue weighted by atomic mass is 10.1. The van der Waals surface area contributed by atoms with Gasteiger partial charge in [0.05, 0.1) is 11.6 Å². The summed E-state index contributed by atoms with van der Waals surface area (Å²) in [7, 11) is 3.44. The van der Waals surface area contributed by atoms with Crippen LogP contribution in [0.4, 0.5) is 0 Å². The standard InChI is InChI=1S/C18H22BrN3O/c1-20-18(21-11-10-14-6-4-3-5-7-14)22-13-15-8-9-17(23-2)16(19)12-15/h3-9,12H,10-11,13H2,1-2H3,(H2,20,21,22). The molecule has 0 aliphatic carbocycles. The molecule has 0 unspecified atom stereocenters. The third kappa shape index (κ3) is 5.60. The molecule has 0 saturated carbocycles. The molecule has 0 heterocycles.